The fraction of sp³-hybridized carbons (Fsp3) is 0.471. The number of hydrogen-bond donors (Lipinski definition) is 0. The van der Waals surface area contributed by atoms with Crippen LogP contribution < -0.4 is 10.3 Å². The van der Waals surface area contributed by atoms with Crippen LogP contribution in [0.4, 0.5) is 0 Å². The molecule has 0 amide bonds. The molecule has 21 heavy (non-hydrogen) atoms. The topological polar surface area (TPSA) is 34.5 Å². The van der Waals surface area contributed by atoms with Crippen LogP contribution in [0, 0.1) is 0 Å². The molecule has 1 aromatic carbocycles. The van der Waals surface area contributed by atoms with Crippen molar-refractivity contribution in [2.45, 2.75) is 26.3 Å². The van der Waals surface area contributed by atoms with Gasteiger partial charge in [-0.3, -0.25) is 9.69 Å². The van der Waals surface area contributed by atoms with Gasteiger partial charge < -0.3 is 9.30 Å². The largest absolute Gasteiger partial charge is 0.492 e. The fourth-order valence-corrected chi connectivity index (χ4v) is 2.96. The lowest BCUT2D eigenvalue weighted by atomic mass is 10.1. The molecule has 2 heterocycles. The molecule has 0 bridgehead atoms. The van der Waals surface area contributed by atoms with E-state index in [-0.39, 0.29) is 5.56 Å². The summed E-state index contributed by atoms with van der Waals surface area (Å²) >= 11 is 0. The molecule has 0 radical (unpaired) electrons. The van der Waals surface area contributed by atoms with Crippen LogP contribution in [-0.4, -0.2) is 35.7 Å². The average Bonchev–Trinajstić information content (AvgIpc) is 3.01. The summed E-state index contributed by atoms with van der Waals surface area (Å²) in [7, 11) is 0. The first-order chi connectivity index (χ1) is 10.3. The highest BCUT2D eigenvalue weighted by Crippen LogP contribution is 2.23. The Morgan fingerprint density at radius 3 is 2.71 bits per heavy atom. The van der Waals surface area contributed by atoms with Crippen LogP contribution in [0.1, 0.15) is 19.8 Å². The van der Waals surface area contributed by atoms with Gasteiger partial charge in [-0.05, 0) is 51.1 Å². The van der Waals surface area contributed by atoms with Gasteiger partial charge in [0.1, 0.15) is 12.4 Å². The van der Waals surface area contributed by atoms with Gasteiger partial charge in [-0.2, -0.15) is 0 Å². The molecule has 0 unspecified atom stereocenters. The first-order valence-electron chi connectivity index (χ1n) is 7.77. The van der Waals surface area contributed by atoms with Gasteiger partial charge in [0, 0.05) is 24.7 Å². The second-order valence-electron chi connectivity index (χ2n) is 5.52. The van der Waals surface area contributed by atoms with Crippen molar-refractivity contribution in [3.63, 3.8) is 0 Å². The predicted octanol–water partition coefficient (Wildman–Crippen LogP) is 2.50. The Hall–Kier alpha value is -1.81. The summed E-state index contributed by atoms with van der Waals surface area (Å²) in [6, 6.07) is 7.69. The Morgan fingerprint density at radius 2 is 1.95 bits per heavy atom. The van der Waals surface area contributed by atoms with Crippen molar-refractivity contribution in [1.82, 2.24) is 9.47 Å². The molecule has 1 aliphatic rings. The third-order valence-corrected chi connectivity index (χ3v) is 4.18. The van der Waals surface area contributed by atoms with Crippen LogP contribution in [0.2, 0.25) is 0 Å². The highest BCUT2D eigenvalue weighted by molar-refractivity contribution is 5.87. The number of benzene rings is 1. The van der Waals surface area contributed by atoms with Gasteiger partial charge in [-0.15, -0.1) is 0 Å². The minimum Gasteiger partial charge on any atom is -0.492 e. The summed E-state index contributed by atoms with van der Waals surface area (Å²) in [5, 5.41) is 1.65. The van der Waals surface area contributed by atoms with E-state index < -0.39 is 0 Å². The molecule has 0 aliphatic carbocycles. The highest BCUT2D eigenvalue weighted by Gasteiger charge is 2.11. The second kappa shape index (κ2) is 6.31. The number of aromatic nitrogens is 1. The molecule has 4 heteroatoms. The fourth-order valence-electron chi connectivity index (χ4n) is 2.96. The zero-order chi connectivity index (χ0) is 14.7. The number of rotatable bonds is 5. The zero-order valence-corrected chi connectivity index (χ0v) is 12.5. The lowest BCUT2D eigenvalue weighted by Crippen LogP contribution is -2.25. The highest BCUT2D eigenvalue weighted by atomic mass is 16.5. The minimum atomic E-state index is 0.0555. The molecule has 3 rings (SSSR count). The maximum Gasteiger partial charge on any atom is 0.258 e. The van der Waals surface area contributed by atoms with E-state index in [0.717, 1.165) is 23.1 Å². The molecule has 1 aliphatic heterocycles. The van der Waals surface area contributed by atoms with Crippen molar-refractivity contribution in [2.75, 3.05) is 26.2 Å². The minimum absolute atomic E-state index is 0.0555. The van der Waals surface area contributed by atoms with E-state index in [9.17, 15) is 4.79 Å². The van der Waals surface area contributed by atoms with Crippen LogP contribution >= 0.6 is 0 Å². The van der Waals surface area contributed by atoms with Crippen molar-refractivity contribution in [3.05, 3.63) is 40.8 Å². The van der Waals surface area contributed by atoms with Crippen LogP contribution in [-0.2, 0) is 6.54 Å². The molecule has 4 nitrogen and oxygen atoms in total. The molecule has 1 saturated heterocycles. The number of fused-ring (bicyclic) bond motifs is 1. The standard InChI is InChI=1S/C17H22N2O2/c1-2-19-11-8-14-15(17(19)20)6-5-7-16(14)21-13-12-18-9-3-4-10-18/h5-8,11H,2-4,9-10,12-13H2,1H3. The number of aryl methyl sites for hydroxylation is 1. The predicted molar refractivity (Wildman–Crippen MR) is 85.1 cm³/mol. The SMILES string of the molecule is CCn1ccc2c(OCCN3CCCC3)cccc2c1=O. The molecule has 112 valence electrons. The van der Waals surface area contributed by atoms with Gasteiger partial charge >= 0.3 is 0 Å². The zero-order valence-electron chi connectivity index (χ0n) is 12.5. The van der Waals surface area contributed by atoms with Gasteiger partial charge in [-0.1, -0.05) is 6.07 Å². The third-order valence-electron chi connectivity index (χ3n) is 4.18. The molecule has 1 aromatic heterocycles. The molecular weight excluding hydrogens is 264 g/mol. The van der Waals surface area contributed by atoms with E-state index in [1.165, 1.54) is 25.9 Å². The summed E-state index contributed by atoms with van der Waals surface area (Å²) in [5.41, 5.74) is 0.0555. The Kier molecular flexibility index (Phi) is 4.25. The lowest BCUT2D eigenvalue weighted by Gasteiger charge is -2.16. The quantitative estimate of drug-likeness (QED) is 0.847. The summed E-state index contributed by atoms with van der Waals surface area (Å²) in [6.07, 6.45) is 4.44. The van der Waals surface area contributed by atoms with E-state index in [1.54, 1.807) is 4.57 Å². The smallest absolute Gasteiger partial charge is 0.258 e. The van der Waals surface area contributed by atoms with Crippen LogP contribution in [0.25, 0.3) is 10.8 Å². The third kappa shape index (κ3) is 2.95. The monoisotopic (exact) mass is 286 g/mol. The van der Waals surface area contributed by atoms with E-state index in [4.69, 9.17) is 4.74 Å². The normalized spacial score (nSPS) is 15.7. The van der Waals surface area contributed by atoms with Gasteiger partial charge in [0.2, 0.25) is 0 Å². The van der Waals surface area contributed by atoms with Gasteiger partial charge in [0.05, 0.1) is 5.39 Å². The number of pyridine rings is 1. The van der Waals surface area contributed by atoms with Crippen LogP contribution in [0.15, 0.2) is 35.3 Å². The van der Waals surface area contributed by atoms with Crippen molar-refractivity contribution in [2.24, 2.45) is 0 Å². The van der Waals surface area contributed by atoms with Crippen LogP contribution in [0.5, 0.6) is 5.75 Å². The maximum absolute atomic E-state index is 12.3. The molecule has 0 saturated carbocycles. The van der Waals surface area contributed by atoms with Crippen molar-refractivity contribution >= 4 is 10.8 Å². The average molecular weight is 286 g/mol. The van der Waals surface area contributed by atoms with E-state index in [0.29, 0.717) is 13.2 Å². The molecule has 0 spiro atoms. The molecular formula is C17H22N2O2. The van der Waals surface area contributed by atoms with E-state index >= 15 is 0 Å². The van der Waals surface area contributed by atoms with Gasteiger partial charge in [0.15, 0.2) is 0 Å². The maximum atomic E-state index is 12.3. The molecule has 0 atom stereocenters. The van der Waals surface area contributed by atoms with E-state index in [2.05, 4.69) is 4.90 Å². The number of ether oxygens (including phenoxy) is 1. The Balaban J connectivity index is 1.78. The second-order valence-corrected chi connectivity index (χ2v) is 5.52. The first-order valence-corrected chi connectivity index (χ1v) is 7.77. The summed E-state index contributed by atoms with van der Waals surface area (Å²) in [6.45, 7) is 6.66. The molecule has 2 aromatic rings. The van der Waals surface area contributed by atoms with Crippen LogP contribution in [0.3, 0.4) is 0 Å². The van der Waals surface area contributed by atoms with E-state index in [1.807, 2.05) is 37.4 Å². The number of likely N-dealkylation sites (tertiary alicyclic amines) is 1. The number of hydrogen-bond acceptors (Lipinski definition) is 3. The van der Waals surface area contributed by atoms with Crippen molar-refractivity contribution in [3.8, 4) is 5.75 Å². The van der Waals surface area contributed by atoms with Crippen molar-refractivity contribution < 1.29 is 4.74 Å². The van der Waals surface area contributed by atoms with Crippen molar-refractivity contribution in [1.29, 1.82) is 0 Å². The summed E-state index contributed by atoms with van der Waals surface area (Å²) < 4.78 is 7.64. The Bertz CT molecular complexity index is 672. The number of nitrogens with zero attached hydrogens (tertiary/aromatic N) is 2. The Morgan fingerprint density at radius 1 is 1.14 bits per heavy atom. The summed E-state index contributed by atoms with van der Waals surface area (Å²) in [5.74, 6) is 0.812. The lowest BCUT2D eigenvalue weighted by molar-refractivity contribution is 0.239. The van der Waals surface area contributed by atoms with Gasteiger partial charge in [-0.25, -0.2) is 0 Å². The molecule has 0 N–H and O–H groups in total. The Labute approximate surface area is 124 Å². The summed E-state index contributed by atoms with van der Waals surface area (Å²) in [4.78, 5) is 14.7. The first kappa shape index (κ1) is 14.1. The molecule has 1 fully saturated rings. The van der Waals surface area contributed by atoms with Gasteiger partial charge in [0.25, 0.3) is 5.56 Å².